The van der Waals surface area contributed by atoms with Crippen molar-refractivity contribution in [1.29, 1.82) is 0 Å². The Bertz CT molecular complexity index is 1340. The van der Waals surface area contributed by atoms with Gasteiger partial charge in [0.15, 0.2) is 11.5 Å². The highest BCUT2D eigenvalue weighted by atomic mass is 35.5. The number of alkyl halides is 3. The standard InChI is InChI=1S/C22H23ClF3N7OSi/c1-35(2,3)8-7-34-13-33-12-28-19-17(33)9-14(11-27-19)18-30-20(23)32-21(31-18)29-16-6-4-5-15(10-16)22(24,25)26/h4-6,9-12H,7-8,13H2,1-3H3,(H,29,30,31,32). The maximum Gasteiger partial charge on any atom is 0.416 e. The minimum absolute atomic E-state index is 0.00242. The Kier molecular flexibility index (Phi) is 7.06. The molecule has 0 atom stereocenters. The molecule has 0 aliphatic rings. The molecule has 184 valence electrons. The number of halogens is 4. The molecule has 8 nitrogen and oxygen atoms in total. The van der Waals surface area contributed by atoms with Gasteiger partial charge in [-0.25, -0.2) is 9.97 Å². The zero-order chi connectivity index (χ0) is 25.2. The van der Waals surface area contributed by atoms with Crippen LogP contribution < -0.4 is 5.32 Å². The van der Waals surface area contributed by atoms with Crippen molar-refractivity contribution in [3.63, 3.8) is 0 Å². The maximum atomic E-state index is 13.0. The van der Waals surface area contributed by atoms with Crippen molar-refractivity contribution in [1.82, 2.24) is 29.5 Å². The number of fused-ring (bicyclic) bond motifs is 1. The average molecular weight is 522 g/mol. The summed E-state index contributed by atoms with van der Waals surface area (Å²) in [4.78, 5) is 21.1. The van der Waals surface area contributed by atoms with Crippen LogP contribution in [0, 0.1) is 0 Å². The Balaban J connectivity index is 1.57. The molecule has 4 aromatic rings. The van der Waals surface area contributed by atoms with E-state index in [1.54, 1.807) is 18.6 Å². The van der Waals surface area contributed by atoms with E-state index in [1.807, 2.05) is 4.57 Å². The first-order chi connectivity index (χ1) is 16.5. The Morgan fingerprint density at radius 1 is 1.09 bits per heavy atom. The number of rotatable bonds is 8. The van der Waals surface area contributed by atoms with E-state index in [-0.39, 0.29) is 22.7 Å². The molecule has 0 radical (unpaired) electrons. The number of ether oxygens (including phenoxy) is 1. The van der Waals surface area contributed by atoms with Gasteiger partial charge in [-0.2, -0.15) is 28.1 Å². The summed E-state index contributed by atoms with van der Waals surface area (Å²) in [5.41, 5.74) is 1.16. The summed E-state index contributed by atoms with van der Waals surface area (Å²) in [6.45, 7) is 7.85. The first kappa shape index (κ1) is 25.0. The molecule has 0 fully saturated rings. The second kappa shape index (κ2) is 9.88. The van der Waals surface area contributed by atoms with Gasteiger partial charge in [0, 0.05) is 32.1 Å². The van der Waals surface area contributed by atoms with Crippen LogP contribution in [0.15, 0.2) is 42.9 Å². The lowest BCUT2D eigenvalue weighted by Gasteiger charge is -2.15. The number of nitrogens with one attached hydrogen (secondary N) is 1. The Morgan fingerprint density at radius 2 is 1.89 bits per heavy atom. The van der Waals surface area contributed by atoms with Crippen LogP contribution in [0.2, 0.25) is 31.0 Å². The quantitative estimate of drug-likeness (QED) is 0.224. The van der Waals surface area contributed by atoms with E-state index in [2.05, 4.69) is 49.9 Å². The molecule has 35 heavy (non-hydrogen) atoms. The van der Waals surface area contributed by atoms with Gasteiger partial charge < -0.3 is 14.6 Å². The molecular weight excluding hydrogens is 499 g/mol. The highest BCUT2D eigenvalue weighted by molar-refractivity contribution is 6.76. The summed E-state index contributed by atoms with van der Waals surface area (Å²) in [5, 5.41) is 2.64. The zero-order valence-corrected chi connectivity index (χ0v) is 21.0. The van der Waals surface area contributed by atoms with Gasteiger partial charge in [-0.15, -0.1) is 0 Å². The molecule has 0 aliphatic heterocycles. The van der Waals surface area contributed by atoms with E-state index in [0.29, 0.717) is 24.5 Å². The highest BCUT2D eigenvalue weighted by Crippen LogP contribution is 2.31. The van der Waals surface area contributed by atoms with Crippen molar-refractivity contribution in [2.24, 2.45) is 0 Å². The fourth-order valence-electron chi connectivity index (χ4n) is 3.15. The van der Waals surface area contributed by atoms with Crippen molar-refractivity contribution < 1.29 is 17.9 Å². The Hall–Kier alpha value is -3.09. The highest BCUT2D eigenvalue weighted by Gasteiger charge is 2.30. The predicted molar refractivity (Wildman–Crippen MR) is 130 cm³/mol. The predicted octanol–water partition coefficient (Wildman–Crippen LogP) is 6.01. The largest absolute Gasteiger partial charge is 0.416 e. The van der Waals surface area contributed by atoms with Crippen LogP contribution in [-0.4, -0.2) is 44.2 Å². The van der Waals surface area contributed by atoms with Crippen molar-refractivity contribution in [3.05, 3.63) is 53.7 Å². The number of hydrogen-bond acceptors (Lipinski definition) is 7. The number of imidazole rings is 1. The molecule has 4 rings (SSSR count). The van der Waals surface area contributed by atoms with Crippen LogP contribution in [0.3, 0.4) is 0 Å². The van der Waals surface area contributed by atoms with E-state index >= 15 is 0 Å². The van der Waals surface area contributed by atoms with Crippen LogP contribution in [-0.2, 0) is 17.6 Å². The van der Waals surface area contributed by atoms with Crippen LogP contribution >= 0.6 is 11.6 Å². The molecule has 13 heteroatoms. The molecule has 0 bridgehead atoms. The van der Waals surface area contributed by atoms with E-state index in [9.17, 15) is 13.2 Å². The summed E-state index contributed by atoms with van der Waals surface area (Å²) in [5.74, 6) is 0.212. The second-order valence-electron chi connectivity index (χ2n) is 9.08. The third kappa shape index (κ3) is 6.53. The Morgan fingerprint density at radius 3 is 2.63 bits per heavy atom. The number of anilines is 2. The number of pyridine rings is 1. The van der Waals surface area contributed by atoms with Gasteiger partial charge in [0.25, 0.3) is 0 Å². The number of aromatic nitrogens is 6. The summed E-state index contributed by atoms with van der Waals surface area (Å²) in [6, 6.07) is 7.56. The monoisotopic (exact) mass is 521 g/mol. The number of nitrogens with zero attached hydrogens (tertiary/aromatic N) is 6. The fraction of sp³-hybridized carbons (Fsp3) is 0.318. The van der Waals surface area contributed by atoms with Gasteiger partial charge in [0.05, 0.1) is 17.4 Å². The molecule has 1 N–H and O–H groups in total. The van der Waals surface area contributed by atoms with Crippen LogP contribution in [0.25, 0.3) is 22.6 Å². The van der Waals surface area contributed by atoms with Gasteiger partial charge in [0.1, 0.15) is 6.73 Å². The minimum Gasteiger partial charge on any atom is -0.361 e. The van der Waals surface area contributed by atoms with Crippen molar-refractivity contribution in [2.75, 3.05) is 11.9 Å². The van der Waals surface area contributed by atoms with Gasteiger partial charge in [0.2, 0.25) is 11.2 Å². The average Bonchev–Trinajstić information content (AvgIpc) is 3.17. The summed E-state index contributed by atoms with van der Waals surface area (Å²) in [7, 11) is -1.20. The van der Waals surface area contributed by atoms with Gasteiger partial charge in [-0.1, -0.05) is 25.7 Å². The molecule has 0 saturated carbocycles. The van der Waals surface area contributed by atoms with Crippen LogP contribution in [0.1, 0.15) is 5.56 Å². The molecule has 3 heterocycles. The smallest absolute Gasteiger partial charge is 0.361 e. The van der Waals surface area contributed by atoms with Crippen molar-refractivity contribution in [2.45, 2.75) is 38.6 Å². The maximum absolute atomic E-state index is 13.0. The van der Waals surface area contributed by atoms with Crippen LogP contribution in [0.4, 0.5) is 24.8 Å². The van der Waals surface area contributed by atoms with Crippen molar-refractivity contribution >= 4 is 42.5 Å². The van der Waals surface area contributed by atoms with Gasteiger partial charge >= 0.3 is 6.18 Å². The topological polar surface area (TPSA) is 90.6 Å². The minimum atomic E-state index is -4.47. The lowest BCUT2D eigenvalue weighted by Crippen LogP contribution is -2.21. The van der Waals surface area contributed by atoms with Crippen molar-refractivity contribution in [3.8, 4) is 11.4 Å². The molecular formula is C22H23ClF3N7OSi. The first-order valence-electron chi connectivity index (χ1n) is 10.7. The third-order valence-electron chi connectivity index (χ3n) is 5.02. The van der Waals surface area contributed by atoms with Crippen LogP contribution in [0.5, 0.6) is 0 Å². The number of benzene rings is 1. The fourth-order valence-corrected chi connectivity index (χ4v) is 4.06. The van der Waals surface area contributed by atoms with Gasteiger partial charge in [-0.05, 0) is 41.9 Å². The second-order valence-corrected chi connectivity index (χ2v) is 15.0. The van der Waals surface area contributed by atoms with E-state index in [1.165, 1.54) is 12.1 Å². The summed E-state index contributed by atoms with van der Waals surface area (Å²) < 4.78 is 46.7. The first-order valence-corrected chi connectivity index (χ1v) is 14.8. The van der Waals surface area contributed by atoms with E-state index < -0.39 is 19.8 Å². The molecule has 0 aliphatic carbocycles. The third-order valence-corrected chi connectivity index (χ3v) is 6.89. The molecule has 0 amide bonds. The van der Waals surface area contributed by atoms with E-state index in [4.69, 9.17) is 16.3 Å². The molecule has 0 spiro atoms. The molecule has 0 unspecified atom stereocenters. The zero-order valence-electron chi connectivity index (χ0n) is 19.3. The molecule has 3 aromatic heterocycles. The summed E-state index contributed by atoms with van der Waals surface area (Å²) >= 11 is 6.08. The summed E-state index contributed by atoms with van der Waals surface area (Å²) in [6.07, 6.45) is -1.27. The van der Waals surface area contributed by atoms with Gasteiger partial charge in [-0.3, -0.25) is 0 Å². The Labute approximate surface area is 205 Å². The normalized spacial score (nSPS) is 12.3. The number of hydrogen-bond donors (Lipinski definition) is 1. The van der Waals surface area contributed by atoms with E-state index in [0.717, 1.165) is 23.7 Å². The lowest BCUT2D eigenvalue weighted by atomic mass is 10.2. The molecule has 0 saturated heterocycles. The lowest BCUT2D eigenvalue weighted by molar-refractivity contribution is -0.137. The SMILES string of the molecule is C[Si](C)(C)CCOCn1cnc2ncc(-c3nc(Cl)nc(Nc4cccc(C(F)(F)F)c4)n3)cc21. The molecule has 1 aromatic carbocycles.